The Kier molecular flexibility index (Phi) is 2.73. The minimum Gasteiger partial charge on any atom is -0.384 e. The Hall–Kier alpha value is -1.02. The van der Waals surface area contributed by atoms with Crippen molar-refractivity contribution >= 4 is 5.69 Å². The summed E-state index contributed by atoms with van der Waals surface area (Å²) in [5.41, 5.74) is 2.66. The Labute approximate surface area is 85.3 Å². The third-order valence-corrected chi connectivity index (χ3v) is 2.57. The number of hydrogen-bond donors (Lipinski definition) is 1. The van der Waals surface area contributed by atoms with Gasteiger partial charge >= 0.3 is 0 Å². The maximum atomic E-state index is 5.64. The summed E-state index contributed by atoms with van der Waals surface area (Å²) in [6.07, 6.45) is 0.322. The second-order valence-corrected chi connectivity index (χ2v) is 4.05. The highest BCUT2D eigenvalue weighted by molar-refractivity contribution is 5.57. The lowest BCUT2D eigenvalue weighted by molar-refractivity contribution is 0.0704. The second-order valence-electron chi connectivity index (χ2n) is 4.05. The Morgan fingerprint density at radius 3 is 3.00 bits per heavy atom. The van der Waals surface area contributed by atoms with Crippen molar-refractivity contribution in [3.63, 3.8) is 0 Å². The van der Waals surface area contributed by atoms with E-state index in [1.54, 1.807) is 0 Å². The van der Waals surface area contributed by atoms with E-state index in [1.807, 2.05) is 0 Å². The highest BCUT2D eigenvalue weighted by atomic mass is 16.5. The zero-order valence-corrected chi connectivity index (χ0v) is 8.79. The molecule has 0 amide bonds. The van der Waals surface area contributed by atoms with Gasteiger partial charge in [0.2, 0.25) is 0 Å². The maximum absolute atomic E-state index is 5.64. The van der Waals surface area contributed by atoms with Crippen molar-refractivity contribution in [1.29, 1.82) is 0 Å². The van der Waals surface area contributed by atoms with Crippen LogP contribution in [0.25, 0.3) is 0 Å². The number of nitrogens with one attached hydrogen (secondary N) is 1. The molecule has 1 aliphatic rings. The van der Waals surface area contributed by atoms with Crippen LogP contribution in [-0.2, 0) is 4.74 Å². The van der Waals surface area contributed by atoms with Crippen LogP contribution >= 0.6 is 0 Å². The number of benzene rings is 1. The fourth-order valence-corrected chi connectivity index (χ4v) is 1.81. The Balaban J connectivity index is 2.03. The number of para-hydroxylation sites is 1. The van der Waals surface area contributed by atoms with Gasteiger partial charge in [0.1, 0.15) is 0 Å². The summed E-state index contributed by atoms with van der Waals surface area (Å²) in [5.74, 6) is 0.522. The van der Waals surface area contributed by atoms with Crippen LogP contribution in [0.2, 0.25) is 0 Å². The van der Waals surface area contributed by atoms with E-state index in [9.17, 15) is 0 Å². The lowest BCUT2D eigenvalue weighted by Gasteiger charge is -2.13. The predicted molar refractivity (Wildman–Crippen MR) is 58.8 cm³/mol. The van der Waals surface area contributed by atoms with E-state index in [2.05, 4.69) is 43.4 Å². The molecule has 1 aromatic rings. The van der Waals surface area contributed by atoms with Crippen LogP contribution in [0.3, 0.4) is 0 Å². The van der Waals surface area contributed by atoms with Crippen molar-refractivity contribution < 1.29 is 4.74 Å². The molecule has 1 aliphatic heterocycles. The summed E-state index contributed by atoms with van der Waals surface area (Å²) in [6, 6.07) is 8.47. The van der Waals surface area contributed by atoms with Gasteiger partial charge in [-0.3, -0.25) is 0 Å². The molecule has 1 heterocycles. The van der Waals surface area contributed by atoms with Gasteiger partial charge in [0.25, 0.3) is 0 Å². The quantitative estimate of drug-likeness (QED) is 0.793. The van der Waals surface area contributed by atoms with E-state index in [0.717, 1.165) is 13.2 Å². The molecular weight excluding hydrogens is 174 g/mol. The molecule has 1 atom stereocenters. The van der Waals surface area contributed by atoms with E-state index in [1.165, 1.54) is 11.3 Å². The van der Waals surface area contributed by atoms with Crippen LogP contribution in [0.4, 0.5) is 5.69 Å². The van der Waals surface area contributed by atoms with Gasteiger partial charge in [-0.2, -0.15) is 0 Å². The third kappa shape index (κ3) is 1.90. The van der Waals surface area contributed by atoms with Crippen molar-refractivity contribution in [2.75, 3.05) is 18.5 Å². The monoisotopic (exact) mass is 191 g/mol. The summed E-state index contributed by atoms with van der Waals surface area (Å²) in [5, 5.41) is 3.39. The summed E-state index contributed by atoms with van der Waals surface area (Å²) in [7, 11) is 0. The zero-order chi connectivity index (χ0) is 9.97. The molecule has 14 heavy (non-hydrogen) atoms. The molecule has 0 spiro atoms. The molecule has 76 valence electrons. The third-order valence-electron chi connectivity index (χ3n) is 2.57. The van der Waals surface area contributed by atoms with Crippen molar-refractivity contribution in [3.05, 3.63) is 29.8 Å². The molecule has 1 unspecified atom stereocenters. The van der Waals surface area contributed by atoms with Gasteiger partial charge in [0.15, 0.2) is 0 Å². The second kappa shape index (κ2) is 4.01. The minimum atomic E-state index is 0.322. The first kappa shape index (κ1) is 9.53. The average Bonchev–Trinajstić information content (AvgIpc) is 2.58. The van der Waals surface area contributed by atoms with Gasteiger partial charge < -0.3 is 10.1 Å². The molecule has 1 N–H and O–H groups in total. The SMILES string of the molecule is CC(C)OCC1CNc2ccccc21. The molecule has 0 bridgehead atoms. The van der Waals surface area contributed by atoms with Gasteiger partial charge in [-0.15, -0.1) is 0 Å². The Morgan fingerprint density at radius 2 is 2.21 bits per heavy atom. The molecule has 0 aliphatic carbocycles. The zero-order valence-electron chi connectivity index (χ0n) is 8.79. The summed E-state index contributed by atoms with van der Waals surface area (Å²) < 4.78 is 5.64. The fourth-order valence-electron chi connectivity index (χ4n) is 1.81. The van der Waals surface area contributed by atoms with E-state index in [0.29, 0.717) is 12.0 Å². The van der Waals surface area contributed by atoms with Crippen LogP contribution < -0.4 is 5.32 Å². The fraction of sp³-hybridized carbons (Fsp3) is 0.500. The Morgan fingerprint density at radius 1 is 1.43 bits per heavy atom. The lowest BCUT2D eigenvalue weighted by atomic mass is 10.0. The van der Waals surface area contributed by atoms with Crippen LogP contribution in [-0.4, -0.2) is 19.3 Å². The number of rotatable bonds is 3. The van der Waals surface area contributed by atoms with Crippen LogP contribution in [0.1, 0.15) is 25.3 Å². The van der Waals surface area contributed by atoms with E-state index >= 15 is 0 Å². The van der Waals surface area contributed by atoms with Crippen LogP contribution in [0, 0.1) is 0 Å². The van der Waals surface area contributed by atoms with Gasteiger partial charge in [-0.25, -0.2) is 0 Å². The topological polar surface area (TPSA) is 21.3 Å². The number of ether oxygens (including phenoxy) is 1. The van der Waals surface area contributed by atoms with E-state index in [4.69, 9.17) is 4.74 Å². The first-order chi connectivity index (χ1) is 6.77. The Bertz CT molecular complexity index is 309. The smallest absolute Gasteiger partial charge is 0.0555 e. The van der Waals surface area contributed by atoms with E-state index in [-0.39, 0.29) is 0 Å². The van der Waals surface area contributed by atoms with Gasteiger partial charge in [-0.1, -0.05) is 18.2 Å². The number of anilines is 1. The highest BCUT2D eigenvalue weighted by Crippen LogP contribution is 2.31. The highest BCUT2D eigenvalue weighted by Gasteiger charge is 2.21. The molecule has 2 rings (SSSR count). The normalized spacial score (nSPS) is 19.5. The summed E-state index contributed by atoms with van der Waals surface area (Å²) in [6.45, 7) is 5.98. The molecule has 2 heteroatoms. The van der Waals surface area contributed by atoms with Crippen molar-refractivity contribution in [2.45, 2.75) is 25.9 Å². The molecule has 0 aromatic heterocycles. The molecule has 0 saturated heterocycles. The largest absolute Gasteiger partial charge is 0.384 e. The molecule has 0 radical (unpaired) electrons. The van der Waals surface area contributed by atoms with Gasteiger partial charge in [0, 0.05) is 18.2 Å². The lowest BCUT2D eigenvalue weighted by Crippen LogP contribution is -2.13. The first-order valence-electron chi connectivity index (χ1n) is 5.22. The predicted octanol–water partition coefficient (Wildman–Crippen LogP) is 2.62. The minimum absolute atomic E-state index is 0.322. The molecule has 0 fully saturated rings. The molecule has 2 nitrogen and oxygen atoms in total. The number of fused-ring (bicyclic) bond motifs is 1. The van der Waals surface area contributed by atoms with Gasteiger partial charge in [-0.05, 0) is 25.5 Å². The number of hydrogen-bond acceptors (Lipinski definition) is 2. The van der Waals surface area contributed by atoms with Crippen molar-refractivity contribution in [1.82, 2.24) is 0 Å². The molecule has 0 saturated carbocycles. The summed E-state index contributed by atoms with van der Waals surface area (Å²) in [4.78, 5) is 0. The molecular formula is C12H17NO. The molecule has 1 aromatic carbocycles. The van der Waals surface area contributed by atoms with Crippen LogP contribution in [0.15, 0.2) is 24.3 Å². The first-order valence-corrected chi connectivity index (χ1v) is 5.22. The van der Waals surface area contributed by atoms with E-state index < -0.39 is 0 Å². The summed E-state index contributed by atoms with van der Waals surface area (Å²) >= 11 is 0. The van der Waals surface area contributed by atoms with Gasteiger partial charge in [0.05, 0.1) is 12.7 Å². The van der Waals surface area contributed by atoms with Crippen molar-refractivity contribution in [3.8, 4) is 0 Å². The average molecular weight is 191 g/mol. The van der Waals surface area contributed by atoms with Crippen LogP contribution in [0.5, 0.6) is 0 Å². The standard InChI is InChI=1S/C12H17NO/c1-9(2)14-8-10-7-13-12-6-4-3-5-11(10)12/h3-6,9-10,13H,7-8H2,1-2H3. The maximum Gasteiger partial charge on any atom is 0.0555 e. The van der Waals surface area contributed by atoms with Crippen molar-refractivity contribution in [2.24, 2.45) is 0 Å².